The molecule has 0 bridgehead atoms. The van der Waals surface area contributed by atoms with E-state index >= 15 is 0 Å². The Hall–Kier alpha value is -0.660. The van der Waals surface area contributed by atoms with Crippen LogP contribution in [0.4, 0.5) is 0 Å². The van der Waals surface area contributed by atoms with Crippen LogP contribution in [0.2, 0.25) is 0 Å². The molecule has 6 nitrogen and oxygen atoms in total. The zero-order valence-electron chi connectivity index (χ0n) is 11.4. The predicted octanol–water partition coefficient (Wildman–Crippen LogP) is 0.948. The number of carboxylic acid groups (broad SMARTS) is 1. The smallest absolute Gasteiger partial charge is 0.324 e. The summed E-state index contributed by atoms with van der Waals surface area (Å²) in [5.74, 6) is -1.10. The lowest BCUT2D eigenvalue weighted by Crippen LogP contribution is -2.62. The van der Waals surface area contributed by atoms with Crippen molar-refractivity contribution in [1.82, 2.24) is 9.03 Å². The fraction of sp³-hybridized carbons (Fsp3) is 0.909. The molecule has 0 aliphatic carbocycles. The van der Waals surface area contributed by atoms with Crippen LogP contribution in [-0.2, 0) is 15.0 Å². The van der Waals surface area contributed by atoms with Gasteiger partial charge in [-0.25, -0.2) is 0 Å². The molecular weight excluding hydrogens is 256 g/mol. The summed E-state index contributed by atoms with van der Waals surface area (Å²) in [6, 6.07) is 0. The molecule has 0 saturated carbocycles. The number of hydrogen-bond acceptors (Lipinski definition) is 3. The monoisotopic (exact) mass is 278 g/mol. The molecule has 1 aliphatic rings. The van der Waals surface area contributed by atoms with Gasteiger partial charge < -0.3 is 5.11 Å². The van der Waals surface area contributed by atoms with E-state index in [0.29, 0.717) is 12.8 Å². The minimum Gasteiger partial charge on any atom is -0.480 e. The standard InChI is InChI=1S/C11H22N2O4S/c1-10(2,3)12-18(16,17)13-8-6-5-7-11(13,4)9(14)15/h12H,5-8H2,1-4H3,(H,14,15). The molecular formula is C11H22N2O4S. The van der Waals surface area contributed by atoms with Crippen molar-refractivity contribution in [2.75, 3.05) is 6.54 Å². The molecule has 0 aromatic carbocycles. The van der Waals surface area contributed by atoms with E-state index in [9.17, 15) is 18.3 Å². The molecule has 1 saturated heterocycles. The Kier molecular flexibility index (Phi) is 4.10. The van der Waals surface area contributed by atoms with Gasteiger partial charge in [-0.3, -0.25) is 4.79 Å². The number of aliphatic carboxylic acids is 1. The number of carboxylic acids is 1. The third-order valence-electron chi connectivity index (χ3n) is 3.01. The van der Waals surface area contributed by atoms with Crippen molar-refractivity contribution in [2.24, 2.45) is 0 Å². The van der Waals surface area contributed by atoms with Crippen LogP contribution in [0, 0.1) is 0 Å². The first-order chi connectivity index (χ1) is 7.99. The van der Waals surface area contributed by atoms with Gasteiger partial charge in [0.1, 0.15) is 5.54 Å². The van der Waals surface area contributed by atoms with Gasteiger partial charge in [0.2, 0.25) is 0 Å². The van der Waals surface area contributed by atoms with Gasteiger partial charge in [-0.15, -0.1) is 0 Å². The Morgan fingerprint density at radius 3 is 2.33 bits per heavy atom. The second-order valence-corrected chi connectivity index (χ2v) is 7.56. The Morgan fingerprint density at radius 1 is 1.33 bits per heavy atom. The van der Waals surface area contributed by atoms with Crippen LogP contribution < -0.4 is 4.72 Å². The van der Waals surface area contributed by atoms with Crippen molar-refractivity contribution in [3.63, 3.8) is 0 Å². The van der Waals surface area contributed by atoms with Crippen molar-refractivity contribution in [3.05, 3.63) is 0 Å². The van der Waals surface area contributed by atoms with Crippen LogP contribution in [0.25, 0.3) is 0 Å². The van der Waals surface area contributed by atoms with Gasteiger partial charge in [0, 0.05) is 12.1 Å². The van der Waals surface area contributed by atoms with E-state index in [4.69, 9.17) is 0 Å². The fourth-order valence-electron chi connectivity index (χ4n) is 2.14. The van der Waals surface area contributed by atoms with Crippen molar-refractivity contribution in [3.8, 4) is 0 Å². The molecule has 0 spiro atoms. The molecule has 2 N–H and O–H groups in total. The molecule has 18 heavy (non-hydrogen) atoms. The first-order valence-corrected chi connectivity index (χ1v) is 7.48. The zero-order chi connectivity index (χ0) is 14.2. The van der Waals surface area contributed by atoms with Gasteiger partial charge >= 0.3 is 5.97 Å². The van der Waals surface area contributed by atoms with E-state index in [1.165, 1.54) is 6.92 Å². The second-order valence-electron chi connectivity index (χ2n) is 5.97. The molecule has 0 radical (unpaired) electrons. The summed E-state index contributed by atoms with van der Waals surface area (Å²) in [4.78, 5) is 11.4. The SMILES string of the molecule is CC(C)(C)NS(=O)(=O)N1CCCCC1(C)C(=O)O. The number of nitrogens with one attached hydrogen (secondary N) is 1. The summed E-state index contributed by atoms with van der Waals surface area (Å²) < 4.78 is 28.1. The van der Waals surface area contributed by atoms with Crippen LogP contribution in [-0.4, -0.2) is 41.4 Å². The van der Waals surface area contributed by atoms with E-state index in [1.807, 2.05) is 0 Å². The van der Waals surface area contributed by atoms with E-state index in [0.717, 1.165) is 10.7 Å². The Morgan fingerprint density at radius 2 is 1.89 bits per heavy atom. The summed E-state index contributed by atoms with van der Waals surface area (Å²) in [7, 11) is -3.79. The van der Waals surface area contributed by atoms with Crippen LogP contribution in [0.1, 0.15) is 47.0 Å². The summed E-state index contributed by atoms with van der Waals surface area (Å²) >= 11 is 0. The van der Waals surface area contributed by atoms with Gasteiger partial charge in [-0.05, 0) is 47.0 Å². The maximum atomic E-state index is 12.3. The summed E-state index contributed by atoms with van der Waals surface area (Å²) in [6.45, 7) is 6.90. The highest BCUT2D eigenvalue weighted by Gasteiger charge is 2.48. The quantitative estimate of drug-likeness (QED) is 0.804. The molecule has 1 heterocycles. The molecule has 1 fully saturated rings. The average Bonchev–Trinajstić information content (AvgIpc) is 2.13. The Bertz CT molecular complexity index is 427. The fourth-order valence-corrected chi connectivity index (χ4v) is 4.09. The van der Waals surface area contributed by atoms with Gasteiger partial charge in [0.15, 0.2) is 0 Å². The largest absolute Gasteiger partial charge is 0.480 e. The van der Waals surface area contributed by atoms with Gasteiger partial charge in [-0.2, -0.15) is 17.4 Å². The third-order valence-corrected chi connectivity index (χ3v) is 5.05. The highest BCUT2D eigenvalue weighted by molar-refractivity contribution is 7.87. The highest BCUT2D eigenvalue weighted by Crippen LogP contribution is 2.30. The highest BCUT2D eigenvalue weighted by atomic mass is 32.2. The number of hydrogen-bond donors (Lipinski definition) is 2. The second kappa shape index (κ2) is 4.79. The van der Waals surface area contributed by atoms with E-state index < -0.39 is 27.3 Å². The zero-order valence-corrected chi connectivity index (χ0v) is 12.2. The van der Waals surface area contributed by atoms with Gasteiger partial charge in [0.25, 0.3) is 10.2 Å². The maximum absolute atomic E-state index is 12.3. The maximum Gasteiger partial charge on any atom is 0.324 e. The minimum atomic E-state index is -3.79. The Balaban J connectivity index is 3.08. The van der Waals surface area contributed by atoms with E-state index in [2.05, 4.69) is 4.72 Å². The molecule has 0 aromatic rings. The molecule has 1 aliphatic heterocycles. The topological polar surface area (TPSA) is 86.7 Å². The number of piperidine rings is 1. The van der Waals surface area contributed by atoms with Crippen LogP contribution in [0.3, 0.4) is 0 Å². The summed E-state index contributed by atoms with van der Waals surface area (Å²) in [5.41, 5.74) is -1.98. The third kappa shape index (κ3) is 3.21. The van der Waals surface area contributed by atoms with Crippen molar-refractivity contribution >= 4 is 16.2 Å². The number of rotatable bonds is 3. The average molecular weight is 278 g/mol. The van der Waals surface area contributed by atoms with Crippen molar-refractivity contribution in [1.29, 1.82) is 0 Å². The molecule has 106 valence electrons. The first-order valence-electron chi connectivity index (χ1n) is 6.04. The van der Waals surface area contributed by atoms with Gasteiger partial charge in [-0.1, -0.05) is 0 Å². The van der Waals surface area contributed by atoms with Gasteiger partial charge in [0.05, 0.1) is 0 Å². The van der Waals surface area contributed by atoms with Crippen LogP contribution in [0.5, 0.6) is 0 Å². The van der Waals surface area contributed by atoms with Crippen LogP contribution >= 0.6 is 0 Å². The molecule has 1 unspecified atom stereocenters. The van der Waals surface area contributed by atoms with Crippen molar-refractivity contribution in [2.45, 2.75) is 58.0 Å². The first kappa shape index (κ1) is 15.4. The van der Waals surface area contributed by atoms with E-state index in [-0.39, 0.29) is 6.54 Å². The lowest BCUT2D eigenvalue weighted by Gasteiger charge is -2.41. The molecule has 0 amide bonds. The lowest BCUT2D eigenvalue weighted by molar-refractivity contribution is -0.149. The number of carbonyl (C=O) groups is 1. The summed E-state index contributed by atoms with van der Waals surface area (Å²) in [5, 5.41) is 9.30. The Labute approximate surface area is 109 Å². The minimum absolute atomic E-state index is 0.244. The van der Waals surface area contributed by atoms with Crippen molar-refractivity contribution < 1.29 is 18.3 Å². The molecule has 1 rings (SSSR count). The molecule has 0 aromatic heterocycles. The van der Waals surface area contributed by atoms with E-state index in [1.54, 1.807) is 20.8 Å². The predicted molar refractivity (Wildman–Crippen MR) is 68.4 cm³/mol. The normalized spacial score (nSPS) is 27.1. The molecule has 1 atom stereocenters. The van der Waals surface area contributed by atoms with Crippen LogP contribution in [0.15, 0.2) is 0 Å². The summed E-state index contributed by atoms with van der Waals surface area (Å²) in [6.07, 6.45) is 1.76. The number of nitrogens with zero attached hydrogens (tertiary/aromatic N) is 1. The lowest BCUT2D eigenvalue weighted by atomic mass is 9.91. The molecule has 7 heteroatoms.